The zero-order valence-electron chi connectivity index (χ0n) is 5.35. The molecule has 1 saturated carbocycles. The van der Waals surface area contributed by atoms with Crippen molar-refractivity contribution in [1.29, 1.82) is 0 Å². The summed E-state index contributed by atoms with van der Waals surface area (Å²) in [5.74, 6) is 2.03. The molecular formula is C8H12. The summed E-state index contributed by atoms with van der Waals surface area (Å²) < 4.78 is 0. The van der Waals surface area contributed by atoms with Crippen molar-refractivity contribution in [3.8, 4) is 0 Å². The van der Waals surface area contributed by atoms with E-state index in [2.05, 4.69) is 13.0 Å². The molecule has 0 heterocycles. The minimum Gasteiger partial charge on any atom is -0.0844 e. The van der Waals surface area contributed by atoms with Gasteiger partial charge in [0.25, 0.3) is 0 Å². The third-order valence-electron chi connectivity index (χ3n) is 2.46. The van der Waals surface area contributed by atoms with Crippen LogP contribution in [0.2, 0.25) is 0 Å². The van der Waals surface area contributed by atoms with Gasteiger partial charge in [-0.05, 0) is 31.1 Å². The molecule has 2 unspecified atom stereocenters. The Morgan fingerprint density at radius 3 is 2.75 bits per heavy atom. The molecule has 0 bridgehead atoms. The fourth-order valence-corrected chi connectivity index (χ4v) is 1.92. The Hall–Kier alpha value is -0.260. The normalized spacial score (nSPS) is 42.9. The van der Waals surface area contributed by atoms with Crippen LogP contribution >= 0.6 is 0 Å². The first-order valence-corrected chi connectivity index (χ1v) is 3.55. The lowest BCUT2D eigenvalue weighted by Gasteiger charge is -2.17. The minimum absolute atomic E-state index is 0.994. The molecular weight excluding hydrogens is 96.1 g/mol. The highest BCUT2D eigenvalue weighted by Crippen LogP contribution is 2.44. The van der Waals surface area contributed by atoms with Crippen molar-refractivity contribution < 1.29 is 0 Å². The number of fused-ring (bicyclic) bond motifs is 1. The molecule has 0 aromatic carbocycles. The van der Waals surface area contributed by atoms with Gasteiger partial charge in [-0.2, -0.15) is 0 Å². The van der Waals surface area contributed by atoms with Crippen LogP contribution in [0.15, 0.2) is 11.6 Å². The highest BCUT2D eigenvalue weighted by molar-refractivity contribution is 5.22. The van der Waals surface area contributed by atoms with Crippen molar-refractivity contribution in [3.63, 3.8) is 0 Å². The van der Waals surface area contributed by atoms with Gasteiger partial charge in [0, 0.05) is 0 Å². The maximum absolute atomic E-state index is 2.41. The Labute approximate surface area is 50.6 Å². The largest absolute Gasteiger partial charge is 0.0844 e. The van der Waals surface area contributed by atoms with E-state index in [1.54, 1.807) is 5.57 Å². The van der Waals surface area contributed by atoms with Crippen LogP contribution in [-0.4, -0.2) is 0 Å². The number of rotatable bonds is 0. The Bertz CT molecular complexity index is 133. The van der Waals surface area contributed by atoms with Crippen LogP contribution in [0.5, 0.6) is 0 Å². The molecule has 0 N–H and O–H groups in total. The van der Waals surface area contributed by atoms with E-state index in [1.165, 1.54) is 19.3 Å². The van der Waals surface area contributed by atoms with E-state index in [0.717, 1.165) is 11.8 Å². The molecule has 1 fully saturated rings. The van der Waals surface area contributed by atoms with E-state index in [9.17, 15) is 0 Å². The van der Waals surface area contributed by atoms with Crippen LogP contribution in [-0.2, 0) is 0 Å². The van der Waals surface area contributed by atoms with Gasteiger partial charge < -0.3 is 0 Å². The lowest BCUT2D eigenvalue weighted by Crippen LogP contribution is -2.03. The summed E-state index contributed by atoms with van der Waals surface area (Å²) in [5.41, 5.74) is 1.76. The fourth-order valence-electron chi connectivity index (χ4n) is 1.92. The fraction of sp³-hybridized carbons (Fsp3) is 0.750. The van der Waals surface area contributed by atoms with Crippen LogP contribution < -0.4 is 0 Å². The average Bonchev–Trinajstić information content (AvgIpc) is 1.91. The third-order valence-corrected chi connectivity index (χ3v) is 2.46. The smallest absolute Gasteiger partial charge is 0.0166 e. The lowest BCUT2D eigenvalue weighted by atomic mass is 9.88. The molecule has 0 saturated heterocycles. The van der Waals surface area contributed by atoms with E-state index < -0.39 is 0 Å². The van der Waals surface area contributed by atoms with Crippen LogP contribution in [0.3, 0.4) is 0 Å². The molecule has 8 heavy (non-hydrogen) atoms. The van der Waals surface area contributed by atoms with Gasteiger partial charge in [0.05, 0.1) is 0 Å². The second-order valence-corrected chi connectivity index (χ2v) is 3.26. The molecule has 2 atom stereocenters. The SMILES string of the molecule is CC1CC2=CCC2C1. The first-order valence-electron chi connectivity index (χ1n) is 3.55. The van der Waals surface area contributed by atoms with Gasteiger partial charge in [-0.3, -0.25) is 0 Å². The summed E-state index contributed by atoms with van der Waals surface area (Å²) in [7, 11) is 0. The van der Waals surface area contributed by atoms with Crippen LogP contribution in [0.4, 0.5) is 0 Å². The molecule has 44 valence electrons. The second-order valence-electron chi connectivity index (χ2n) is 3.26. The van der Waals surface area contributed by atoms with Crippen molar-refractivity contribution in [2.45, 2.75) is 26.2 Å². The third kappa shape index (κ3) is 0.460. The van der Waals surface area contributed by atoms with Crippen molar-refractivity contribution in [1.82, 2.24) is 0 Å². The molecule has 0 aromatic heterocycles. The molecule has 0 nitrogen and oxygen atoms in total. The van der Waals surface area contributed by atoms with Gasteiger partial charge in [-0.1, -0.05) is 18.6 Å². The van der Waals surface area contributed by atoms with E-state index in [4.69, 9.17) is 0 Å². The molecule has 0 amide bonds. The molecule has 0 aliphatic heterocycles. The zero-order chi connectivity index (χ0) is 5.56. The average molecular weight is 108 g/mol. The van der Waals surface area contributed by atoms with Crippen LogP contribution in [0.25, 0.3) is 0 Å². The standard InChI is InChI=1S/C8H12/c1-6-4-7-2-3-8(7)5-6/h2,6,8H,3-5H2,1H3. The zero-order valence-corrected chi connectivity index (χ0v) is 5.35. The van der Waals surface area contributed by atoms with Crippen LogP contribution in [0, 0.1) is 11.8 Å². The summed E-state index contributed by atoms with van der Waals surface area (Å²) in [6, 6.07) is 0. The van der Waals surface area contributed by atoms with Gasteiger partial charge in [0.15, 0.2) is 0 Å². The molecule has 2 rings (SSSR count). The molecule has 0 radical (unpaired) electrons. The number of allylic oxidation sites excluding steroid dienone is 2. The highest BCUT2D eigenvalue weighted by atomic mass is 14.4. The van der Waals surface area contributed by atoms with Crippen molar-refractivity contribution in [2.75, 3.05) is 0 Å². The van der Waals surface area contributed by atoms with E-state index >= 15 is 0 Å². The Kier molecular flexibility index (Phi) is 0.787. The minimum atomic E-state index is 0.994. The predicted octanol–water partition coefficient (Wildman–Crippen LogP) is 2.36. The Balaban J connectivity index is 2.15. The Morgan fingerprint density at radius 1 is 1.62 bits per heavy atom. The summed E-state index contributed by atoms with van der Waals surface area (Å²) in [6.45, 7) is 2.36. The first kappa shape index (κ1) is 4.60. The van der Waals surface area contributed by atoms with Gasteiger partial charge in [0.1, 0.15) is 0 Å². The maximum atomic E-state index is 2.41. The topological polar surface area (TPSA) is 0 Å². The van der Waals surface area contributed by atoms with Gasteiger partial charge in [-0.25, -0.2) is 0 Å². The van der Waals surface area contributed by atoms with E-state index in [0.29, 0.717) is 0 Å². The molecule has 0 aromatic rings. The molecule has 0 heteroatoms. The van der Waals surface area contributed by atoms with E-state index in [-0.39, 0.29) is 0 Å². The van der Waals surface area contributed by atoms with Gasteiger partial charge in [-0.15, -0.1) is 0 Å². The number of hydrogen-bond acceptors (Lipinski definition) is 0. The highest BCUT2D eigenvalue weighted by Gasteiger charge is 2.30. The monoisotopic (exact) mass is 108 g/mol. The van der Waals surface area contributed by atoms with Gasteiger partial charge >= 0.3 is 0 Å². The summed E-state index contributed by atoms with van der Waals surface area (Å²) in [5, 5.41) is 0. The molecule has 2 aliphatic rings. The Morgan fingerprint density at radius 2 is 2.50 bits per heavy atom. The molecule has 2 aliphatic carbocycles. The van der Waals surface area contributed by atoms with Crippen LogP contribution in [0.1, 0.15) is 26.2 Å². The second kappa shape index (κ2) is 1.37. The van der Waals surface area contributed by atoms with Gasteiger partial charge in [0.2, 0.25) is 0 Å². The van der Waals surface area contributed by atoms with Crippen molar-refractivity contribution >= 4 is 0 Å². The predicted molar refractivity (Wildman–Crippen MR) is 34.6 cm³/mol. The summed E-state index contributed by atoms with van der Waals surface area (Å²) in [4.78, 5) is 0. The number of hydrogen-bond donors (Lipinski definition) is 0. The maximum Gasteiger partial charge on any atom is -0.0166 e. The molecule has 0 spiro atoms. The first-order chi connectivity index (χ1) is 3.86. The summed E-state index contributed by atoms with van der Waals surface area (Å²) >= 11 is 0. The van der Waals surface area contributed by atoms with Crippen molar-refractivity contribution in [2.24, 2.45) is 11.8 Å². The summed E-state index contributed by atoms with van der Waals surface area (Å²) in [6.07, 6.45) is 6.68. The lowest BCUT2D eigenvalue weighted by molar-refractivity contribution is 0.524. The quantitative estimate of drug-likeness (QED) is 0.418. The van der Waals surface area contributed by atoms with Crippen molar-refractivity contribution in [3.05, 3.63) is 11.6 Å². The van der Waals surface area contributed by atoms with E-state index in [1.807, 2.05) is 0 Å².